The van der Waals surface area contributed by atoms with Crippen LogP contribution in [0.1, 0.15) is 31.2 Å². The first-order valence-electron chi connectivity index (χ1n) is 9.23. The molecule has 4 rings (SSSR count). The normalized spacial score (nSPS) is 26.9. The number of aliphatic hydroxyl groups is 1. The zero-order valence-corrected chi connectivity index (χ0v) is 14.6. The lowest BCUT2D eigenvalue weighted by molar-refractivity contribution is -0.165. The molecular weight excluding hydrogens is 332 g/mol. The highest BCUT2D eigenvalue weighted by Crippen LogP contribution is 2.45. The van der Waals surface area contributed by atoms with Crippen LogP contribution >= 0.6 is 0 Å². The lowest BCUT2D eigenvalue weighted by Crippen LogP contribution is -2.56. The van der Waals surface area contributed by atoms with Crippen molar-refractivity contribution >= 4 is 16.9 Å². The Bertz CT molecular complexity index is 889. The molecule has 0 spiro atoms. The number of nitrogens with one attached hydrogen (secondary N) is 1. The van der Waals surface area contributed by atoms with Gasteiger partial charge in [0.1, 0.15) is 5.41 Å². The standard InChI is InChI=1S/C20H24N2O4/c23-17-7-8-22(12-20(17,19(25)26)10-13-5-6-13)11-15-9-14-3-1-2-4-16(14)21-18(15)24/h1-4,9,13,17,23H,5-8,10-12H2,(H,21,24)(H,25,26)/t17-,20-/m0/s1. The predicted molar refractivity (Wildman–Crippen MR) is 97.9 cm³/mol. The second-order valence-electron chi connectivity index (χ2n) is 7.83. The first-order valence-corrected chi connectivity index (χ1v) is 9.23. The number of aliphatic carboxylic acids is 1. The molecule has 1 aromatic heterocycles. The van der Waals surface area contributed by atoms with E-state index in [4.69, 9.17) is 0 Å². The number of carboxylic acid groups (broad SMARTS) is 1. The number of aromatic amines is 1. The van der Waals surface area contributed by atoms with E-state index in [1.807, 2.05) is 35.2 Å². The molecule has 6 heteroatoms. The summed E-state index contributed by atoms with van der Waals surface area (Å²) >= 11 is 0. The van der Waals surface area contributed by atoms with Gasteiger partial charge in [0.25, 0.3) is 5.56 Å². The first-order chi connectivity index (χ1) is 12.5. The third-order valence-electron chi connectivity index (χ3n) is 5.86. The maximum Gasteiger partial charge on any atom is 0.313 e. The van der Waals surface area contributed by atoms with E-state index >= 15 is 0 Å². The predicted octanol–water partition coefficient (Wildman–Crippen LogP) is 1.97. The fourth-order valence-corrected chi connectivity index (χ4v) is 4.19. The number of nitrogens with zero attached hydrogens (tertiary/aromatic N) is 1. The third-order valence-corrected chi connectivity index (χ3v) is 5.86. The molecule has 1 saturated carbocycles. The van der Waals surface area contributed by atoms with Gasteiger partial charge >= 0.3 is 5.97 Å². The number of fused-ring (bicyclic) bond motifs is 1. The zero-order valence-electron chi connectivity index (χ0n) is 14.6. The summed E-state index contributed by atoms with van der Waals surface area (Å²) in [5.41, 5.74) is 0.163. The summed E-state index contributed by atoms with van der Waals surface area (Å²) in [5.74, 6) is -0.515. The van der Waals surface area contributed by atoms with Crippen molar-refractivity contribution in [3.05, 3.63) is 46.2 Å². The van der Waals surface area contributed by atoms with E-state index in [2.05, 4.69) is 4.98 Å². The number of para-hydroxylation sites is 1. The van der Waals surface area contributed by atoms with Crippen molar-refractivity contribution in [2.45, 2.75) is 38.3 Å². The maximum absolute atomic E-state index is 12.4. The Labute approximate surface area is 151 Å². The number of aromatic nitrogens is 1. The topological polar surface area (TPSA) is 93.6 Å². The van der Waals surface area contributed by atoms with Crippen molar-refractivity contribution in [1.29, 1.82) is 0 Å². The van der Waals surface area contributed by atoms with Gasteiger partial charge in [-0.1, -0.05) is 31.0 Å². The van der Waals surface area contributed by atoms with Crippen LogP contribution in [-0.2, 0) is 11.3 Å². The molecule has 0 amide bonds. The largest absolute Gasteiger partial charge is 0.481 e. The van der Waals surface area contributed by atoms with E-state index in [1.165, 1.54) is 0 Å². The zero-order chi connectivity index (χ0) is 18.3. The summed E-state index contributed by atoms with van der Waals surface area (Å²) in [6.07, 6.45) is 2.21. The Balaban J connectivity index is 1.59. The van der Waals surface area contributed by atoms with Crippen LogP contribution in [0.4, 0.5) is 0 Å². The molecule has 1 aliphatic heterocycles. The highest BCUT2D eigenvalue weighted by atomic mass is 16.4. The molecular formula is C20H24N2O4. The molecule has 0 radical (unpaired) electrons. The van der Waals surface area contributed by atoms with Crippen LogP contribution in [0.3, 0.4) is 0 Å². The van der Waals surface area contributed by atoms with Crippen molar-refractivity contribution in [2.75, 3.05) is 13.1 Å². The summed E-state index contributed by atoms with van der Waals surface area (Å²) in [5, 5.41) is 21.3. The van der Waals surface area contributed by atoms with Gasteiger partial charge in [-0.25, -0.2) is 0 Å². The van der Waals surface area contributed by atoms with Gasteiger partial charge in [0.05, 0.1) is 6.10 Å². The number of carboxylic acids is 1. The number of rotatable bonds is 5. The Morgan fingerprint density at radius 2 is 2.04 bits per heavy atom. The highest BCUT2D eigenvalue weighted by molar-refractivity contribution is 5.78. The molecule has 2 aromatic rings. The van der Waals surface area contributed by atoms with E-state index in [1.54, 1.807) is 0 Å². The Morgan fingerprint density at radius 1 is 1.27 bits per heavy atom. The van der Waals surface area contributed by atoms with Crippen LogP contribution in [0.2, 0.25) is 0 Å². The Kier molecular flexibility index (Phi) is 4.32. The number of H-pyrrole nitrogens is 1. The van der Waals surface area contributed by atoms with Crippen LogP contribution in [0.25, 0.3) is 10.9 Å². The van der Waals surface area contributed by atoms with Crippen LogP contribution in [-0.4, -0.2) is 45.3 Å². The van der Waals surface area contributed by atoms with Gasteiger partial charge in [-0.2, -0.15) is 0 Å². The van der Waals surface area contributed by atoms with E-state index < -0.39 is 17.5 Å². The molecule has 0 bridgehead atoms. The maximum atomic E-state index is 12.4. The van der Waals surface area contributed by atoms with Gasteiger partial charge in [-0.15, -0.1) is 0 Å². The number of likely N-dealkylation sites (tertiary alicyclic amines) is 1. The average molecular weight is 356 g/mol. The minimum absolute atomic E-state index is 0.141. The molecule has 2 heterocycles. The molecule has 2 atom stereocenters. The first kappa shape index (κ1) is 17.2. The molecule has 26 heavy (non-hydrogen) atoms. The molecule has 2 aliphatic rings. The number of hydrogen-bond donors (Lipinski definition) is 3. The lowest BCUT2D eigenvalue weighted by atomic mass is 9.73. The number of hydrogen-bond acceptors (Lipinski definition) is 4. The van der Waals surface area contributed by atoms with E-state index in [9.17, 15) is 19.8 Å². The summed E-state index contributed by atoms with van der Waals surface area (Å²) in [6, 6.07) is 9.49. The van der Waals surface area contributed by atoms with Crippen LogP contribution < -0.4 is 5.56 Å². The third kappa shape index (κ3) is 3.15. The molecule has 6 nitrogen and oxygen atoms in total. The van der Waals surface area contributed by atoms with Gasteiger partial charge in [0.2, 0.25) is 0 Å². The average Bonchev–Trinajstić information content (AvgIpc) is 3.42. The number of pyridine rings is 1. The highest BCUT2D eigenvalue weighted by Gasteiger charge is 2.51. The second kappa shape index (κ2) is 6.52. The SMILES string of the molecule is O=C(O)[C@@]1(CC2CC2)CN(Cc2cc3ccccc3[nH]c2=O)CC[C@@H]1O. The van der Waals surface area contributed by atoms with Gasteiger partial charge in [0.15, 0.2) is 0 Å². The van der Waals surface area contributed by atoms with Crippen molar-refractivity contribution in [3.63, 3.8) is 0 Å². The molecule has 1 aliphatic carbocycles. The molecule has 1 saturated heterocycles. The minimum Gasteiger partial charge on any atom is -0.481 e. The van der Waals surface area contributed by atoms with Crippen LogP contribution in [0.15, 0.2) is 35.1 Å². The van der Waals surface area contributed by atoms with Crippen LogP contribution in [0.5, 0.6) is 0 Å². The van der Waals surface area contributed by atoms with Gasteiger partial charge in [-0.3, -0.25) is 14.5 Å². The van der Waals surface area contributed by atoms with Gasteiger partial charge in [0, 0.05) is 30.7 Å². The fraction of sp³-hybridized carbons (Fsp3) is 0.500. The van der Waals surface area contributed by atoms with Gasteiger partial charge < -0.3 is 15.2 Å². The van der Waals surface area contributed by atoms with E-state index in [-0.39, 0.29) is 12.1 Å². The molecule has 138 valence electrons. The summed E-state index contributed by atoms with van der Waals surface area (Å²) in [6.45, 7) is 1.27. The molecule has 3 N–H and O–H groups in total. The van der Waals surface area contributed by atoms with Crippen molar-refractivity contribution in [3.8, 4) is 0 Å². The van der Waals surface area contributed by atoms with Crippen molar-refractivity contribution in [1.82, 2.24) is 9.88 Å². The number of carbonyl (C=O) groups is 1. The van der Waals surface area contributed by atoms with Crippen molar-refractivity contribution < 1.29 is 15.0 Å². The Hall–Kier alpha value is -2.18. The van der Waals surface area contributed by atoms with Crippen LogP contribution in [0, 0.1) is 11.3 Å². The summed E-state index contributed by atoms with van der Waals surface area (Å²) in [7, 11) is 0. The number of piperidine rings is 1. The summed E-state index contributed by atoms with van der Waals surface area (Å²) < 4.78 is 0. The fourth-order valence-electron chi connectivity index (χ4n) is 4.19. The molecule has 2 fully saturated rings. The van der Waals surface area contributed by atoms with E-state index in [0.29, 0.717) is 37.4 Å². The van der Waals surface area contributed by atoms with Gasteiger partial charge in [-0.05, 0) is 36.3 Å². The smallest absolute Gasteiger partial charge is 0.313 e. The quantitative estimate of drug-likeness (QED) is 0.761. The Morgan fingerprint density at radius 3 is 2.77 bits per heavy atom. The number of benzene rings is 1. The lowest BCUT2D eigenvalue weighted by Gasteiger charge is -2.43. The number of aliphatic hydroxyl groups excluding tert-OH is 1. The molecule has 1 aromatic carbocycles. The summed E-state index contributed by atoms with van der Waals surface area (Å²) in [4.78, 5) is 29.3. The molecule has 0 unspecified atom stereocenters. The monoisotopic (exact) mass is 356 g/mol. The second-order valence-corrected chi connectivity index (χ2v) is 7.83. The van der Waals surface area contributed by atoms with Crippen molar-refractivity contribution in [2.24, 2.45) is 11.3 Å². The van der Waals surface area contributed by atoms with E-state index in [0.717, 1.165) is 23.7 Å². The minimum atomic E-state index is -1.12.